The number of rotatable bonds is 11. The van der Waals surface area contributed by atoms with Crippen LogP contribution in [0.4, 0.5) is 0 Å². The summed E-state index contributed by atoms with van der Waals surface area (Å²) in [5, 5.41) is 11.0. The molecule has 0 heterocycles. The van der Waals surface area contributed by atoms with Crippen molar-refractivity contribution in [3.8, 4) is 0 Å². The van der Waals surface area contributed by atoms with Crippen molar-refractivity contribution in [1.82, 2.24) is 5.32 Å². The van der Waals surface area contributed by atoms with E-state index in [2.05, 4.69) is 10.3 Å². The molecular weight excluding hydrogens is 278 g/mol. The molecule has 0 aromatic rings. The number of carbonyl (C=O) groups is 3. The number of amides is 2. The average molecular weight is 301 g/mol. The van der Waals surface area contributed by atoms with Crippen LogP contribution in [0.1, 0.15) is 38.5 Å². The molecule has 0 radical (unpaired) electrons. The van der Waals surface area contributed by atoms with Crippen molar-refractivity contribution in [1.29, 1.82) is 0 Å². The highest BCUT2D eigenvalue weighted by Crippen LogP contribution is 2.02. The van der Waals surface area contributed by atoms with Gasteiger partial charge in [-0.15, -0.1) is 0 Å². The van der Waals surface area contributed by atoms with E-state index in [-0.39, 0.29) is 31.1 Å². The molecule has 0 aliphatic rings. The minimum atomic E-state index is -1.05. The molecule has 2 amide bonds. The Morgan fingerprint density at radius 3 is 2.24 bits per heavy atom. The molecule has 0 aromatic heterocycles. The predicted octanol–water partition coefficient (Wildman–Crippen LogP) is -1.34. The first-order valence-electron chi connectivity index (χ1n) is 6.68. The Hall–Kier alpha value is -2.32. The second-order valence-corrected chi connectivity index (χ2v) is 4.57. The molecule has 0 spiro atoms. The van der Waals surface area contributed by atoms with Gasteiger partial charge in [0.1, 0.15) is 6.04 Å². The lowest BCUT2D eigenvalue weighted by molar-refractivity contribution is -0.137. The highest BCUT2D eigenvalue weighted by molar-refractivity contribution is 5.86. The van der Waals surface area contributed by atoms with Crippen LogP contribution in [-0.2, 0) is 14.4 Å². The lowest BCUT2D eigenvalue weighted by Crippen LogP contribution is -2.44. The molecule has 0 unspecified atom stereocenters. The van der Waals surface area contributed by atoms with Crippen molar-refractivity contribution in [3.05, 3.63) is 0 Å². The second kappa shape index (κ2) is 10.5. The zero-order valence-corrected chi connectivity index (χ0v) is 11.9. The van der Waals surface area contributed by atoms with Gasteiger partial charge in [0.15, 0.2) is 5.96 Å². The topological polar surface area (TPSA) is 174 Å². The number of nitrogens with zero attached hydrogens (tertiary/aromatic N) is 1. The summed E-state index contributed by atoms with van der Waals surface area (Å²) >= 11 is 0. The summed E-state index contributed by atoms with van der Waals surface area (Å²) in [6.45, 7) is 0.506. The minimum Gasteiger partial charge on any atom is -0.481 e. The van der Waals surface area contributed by atoms with Crippen molar-refractivity contribution < 1.29 is 19.5 Å². The fraction of sp³-hybridized carbons (Fsp3) is 0.667. The number of nitrogens with one attached hydrogen (secondary N) is 1. The van der Waals surface area contributed by atoms with Crippen LogP contribution in [0, 0.1) is 0 Å². The van der Waals surface area contributed by atoms with E-state index in [9.17, 15) is 14.4 Å². The molecule has 0 bridgehead atoms. The number of primary amides is 1. The van der Waals surface area contributed by atoms with Crippen molar-refractivity contribution in [2.75, 3.05) is 6.54 Å². The molecule has 0 saturated carbocycles. The van der Waals surface area contributed by atoms with E-state index in [4.69, 9.17) is 22.3 Å². The van der Waals surface area contributed by atoms with E-state index in [1.54, 1.807) is 0 Å². The van der Waals surface area contributed by atoms with Gasteiger partial charge in [-0.3, -0.25) is 19.4 Å². The van der Waals surface area contributed by atoms with Gasteiger partial charge in [0, 0.05) is 19.4 Å². The van der Waals surface area contributed by atoms with E-state index in [1.165, 1.54) is 0 Å². The van der Waals surface area contributed by atoms with Crippen LogP contribution in [0.5, 0.6) is 0 Å². The van der Waals surface area contributed by atoms with Gasteiger partial charge in [-0.1, -0.05) is 6.42 Å². The number of hydrogen-bond donors (Lipinski definition) is 5. The normalized spacial score (nSPS) is 11.4. The maximum Gasteiger partial charge on any atom is 0.303 e. The zero-order chi connectivity index (χ0) is 16.3. The van der Waals surface area contributed by atoms with E-state index < -0.39 is 17.9 Å². The van der Waals surface area contributed by atoms with Gasteiger partial charge in [-0.05, 0) is 19.3 Å². The van der Waals surface area contributed by atoms with E-state index in [1.807, 2.05) is 0 Å². The monoisotopic (exact) mass is 301 g/mol. The quantitative estimate of drug-likeness (QED) is 0.179. The Morgan fingerprint density at radius 1 is 1.05 bits per heavy atom. The van der Waals surface area contributed by atoms with Gasteiger partial charge in [0.05, 0.1) is 0 Å². The summed E-state index contributed by atoms with van der Waals surface area (Å²) in [4.78, 5) is 37.0. The van der Waals surface area contributed by atoms with Gasteiger partial charge in [0.25, 0.3) is 0 Å². The standard InChI is InChI=1S/C12H23N5O4/c13-11(21)8(5-6-10(19)20)17-9(18)4-2-1-3-7-16-12(14)15/h8H,1-7H2,(H2,13,21)(H,17,18)(H,19,20)(H4,14,15,16)/t8-/m0/s1. The summed E-state index contributed by atoms with van der Waals surface area (Å²) in [5.74, 6) is -2.07. The number of aliphatic carboxylic acids is 1. The number of carboxylic acids is 1. The molecule has 8 N–H and O–H groups in total. The third-order valence-corrected chi connectivity index (χ3v) is 2.68. The highest BCUT2D eigenvalue weighted by Gasteiger charge is 2.18. The molecule has 0 aromatic carbocycles. The van der Waals surface area contributed by atoms with Gasteiger partial charge in [-0.2, -0.15) is 0 Å². The summed E-state index contributed by atoms with van der Waals surface area (Å²) in [6.07, 6.45) is 2.13. The lowest BCUT2D eigenvalue weighted by atomic mass is 10.1. The molecule has 9 nitrogen and oxygen atoms in total. The summed E-state index contributed by atoms with van der Waals surface area (Å²) in [5.41, 5.74) is 15.4. The fourth-order valence-electron chi connectivity index (χ4n) is 1.60. The van der Waals surface area contributed by atoms with Crippen molar-refractivity contribution in [2.45, 2.75) is 44.6 Å². The molecule has 0 fully saturated rings. The molecule has 21 heavy (non-hydrogen) atoms. The van der Waals surface area contributed by atoms with E-state index in [0.29, 0.717) is 13.0 Å². The summed E-state index contributed by atoms with van der Waals surface area (Å²) < 4.78 is 0. The van der Waals surface area contributed by atoms with Gasteiger partial charge in [0.2, 0.25) is 11.8 Å². The molecule has 120 valence electrons. The first-order valence-corrected chi connectivity index (χ1v) is 6.68. The third-order valence-electron chi connectivity index (χ3n) is 2.68. The average Bonchev–Trinajstić information content (AvgIpc) is 2.37. The maximum atomic E-state index is 11.6. The Balaban J connectivity index is 3.90. The van der Waals surface area contributed by atoms with E-state index in [0.717, 1.165) is 12.8 Å². The van der Waals surface area contributed by atoms with Crippen LogP contribution in [0.2, 0.25) is 0 Å². The number of hydrogen-bond acceptors (Lipinski definition) is 4. The first kappa shape index (κ1) is 18.7. The van der Waals surface area contributed by atoms with Crippen LogP contribution < -0.4 is 22.5 Å². The number of carbonyl (C=O) groups excluding carboxylic acids is 2. The minimum absolute atomic E-state index is 0.0130. The zero-order valence-electron chi connectivity index (χ0n) is 11.9. The maximum absolute atomic E-state index is 11.6. The van der Waals surface area contributed by atoms with Gasteiger partial charge >= 0.3 is 5.97 Å². The molecule has 9 heteroatoms. The molecule has 1 atom stereocenters. The Morgan fingerprint density at radius 2 is 1.71 bits per heavy atom. The Kier molecular flexibility index (Phi) is 9.31. The Bertz CT molecular complexity index is 393. The Labute approximate surface area is 122 Å². The van der Waals surface area contributed by atoms with Crippen molar-refractivity contribution >= 4 is 23.7 Å². The van der Waals surface area contributed by atoms with Crippen LogP contribution >= 0.6 is 0 Å². The van der Waals surface area contributed by atoms with Crippen LogP contribution in [0.15, 0.2) is 4.99 Å². The molecule has 0 aliphatic carbocycles. The third kappa shape index (κ3) is 11.2. The first-order chi connectivity index (χ1) is 9.82. The number of nitrogens with two attached hydrogens (primary N) is 3. The van der Waals surface area contributed by atoms with Crippen molar-refractivity contribution in [2.24, 2.45) is 22.2 Å². The van der Waals surface area contributed by atoms with Crippen LogP contribution in [-0.4, -0.2) is 41.4 Å². The second-order valence-electron chi connectivity index (χ2n) is 4.57. The molecular formula is C12H23N5O4. The lowest BCUT2D eigenvalue weighted by Gasteiger charge is -2.14. The fourth-order valence-corrected chi connectivity index (χ4v) is 1.60. The number of carboxylic acid groups (broad SMARTS) is 1. The number of unbranched alkanes of at least 4 members (excludes halogenated alkanes) is 2. The summed E-state index contributed by atoms with van der Waals surface area (Å²) in [6, 6.07) is -0.949. The smallest absolute Gasteiger partial charge is 0.303 e. The van der Waals surface area contributed by atoms with Crippen LogP contribution in [0.25, 0.3) is 0 Å². The molecule has 0 saturated heterocycles. The summed E-state index contributed by atoms with van der Waals surface area (Å²) in [7, 11) is 0. The molecule has 0 aliphatic heterocycles. The van der Waals surface area contributed by atoms with E-state index >= 15 is 0 Å². The number of guanidine groups is 1. The van der Waals surface area contributed by atoms with Gasteiger partial charge in [-0.25, -0.2) is 0 Å². The van der Waals surface area contributed by atoms with Crippen molar-refractivity contribution in [3.63, 3.8) is 0 Å². The van der Waals surface area contributed by atoms with Crippen LogP contribution in [0.3, 0.4) is 0 Å². The predicted molar refractivity (Wildman–Crippen MR) is 77.1 cm³/mol. The SMILES string of the molecule is NC(=O)[C@H](CCC(=O)O)NC(=O)CCCCCN=C(N)N. The van der Waals surface area contributed by atoms with Gasteiger partial charge < -0.3 is 27.6 Å². The molecule has 0 rings (SSSR count). The highest BCUT2D eigenvalue weighted by atomic mass is 16.4. The largest absolute Gasteiger partial charge is 0.481 e. The number of aliphatic imine (C=N–C) groups is 1.